The molecule has 1 unspecified atom stereocenters. The molecule has 19 heavy (non-hydrogen) atoms. The summed E-state index contributed by atoms with van der Waals surface area (Å²) in [7, 11) is 0. The highest BCUT2D eigenvalue weighted by Crippen LogP contribution is 2.27. The third-order valence-corrected chi connectivity index (χ3v) is 4.40. The van der Waals surface area contributed by atoms with Crippen LogP contribution >= 0.6 is 15.9 Å². The highest BCUT2D eigenvalue weighted by molar-refractivity contribution is 9.09. The Morgan fingerprint density at radius 3 is 2.00 bits per heavy atom. The normalized spacial score (nSPS) is 12.3. The summed E-state index contributed by atoms with van der Waals surface area (Å²) in [6.07, 6.45) is 4.66. The molecule has 0 heterocycles. The van der Waals surface area contributed by atoms with Crippen LogP contribution in [0.15, 0.2) is 54.6 Å². The maximum absolute atomic E-state index is 3.78. The van der Waals surface area contributed by atoms with Gasteiger partial charge in [-0.05, 0) is 36.0 Å². The van der Waals surface area contributed by atoms with Crippen LogP contribution in [-0.2, 0) is 12.8 Å². The number of benzene rings is 2. The number of halogens is 1. The van der Waals surface area contributed by atoms with Crippen LogP contribution in [-0.4, -0.2) is 0 Å². The molecule has 0 radical (unpaired) electrons. The summed E-state index contributed by atoms with van der Waals surface area (Å²) in [4.78, 5) is 0.448. The third kappa shape index (κ3) is 4.50. The van der Waals surface area contributed by atoms with Gasteiger partial charge in [-0.25, -0.2) is 0 Å². The van der Waals surface area contributed by atoms with Gasteiger partial charge in [-0.15, -0.1) is 0 Å². The van der Waals surface area contributed by atoms with Gasteiger partial charge in [0.1, 0.15) is 0 Å². The number of hydrogen-bond acceptors (Lipinski definition) is 0. The van der Waals surface area contributed by atoms with Crippen molar-refractivity contribution >= 4 is 15.9 Å². The molecular formula is C18H21Br. The molecule has 0 saturated heterocycles. The molecule has 0 bridgehead atoms. The second kappa shape index (κ2) is 7.49. The van der Waals surface area contributed by atoms with Crippen molar-refractivity contribution in [3.63, 3.8) is 0 Å². The van der Waals surface area contributed by atoms with Crippen LogP contribution in [0.3, 0.4) is 0 Å². The van der Waals surface area contributed by atoms with Crippen molar-refractivity contribution in [2.24, 2.45) is 0 Å². The fourth-order valence-corrected chi connectivity index (χ4v) is 2.82. The van der Waals surface area contributed by atoms with Crippen molar-refractivity contribution in [1.29, 1.82) is 0 Å². The number of alkyl halides is 1. The SMILES string of the molecule is CCCc1ccc(CCC(Br)c2ccccc2)cc1. The summed E-state index contributed by atoms with van der Waals surface area (Å²) in [5, 5.41) is 0. The zero-order chi connectivity index (χ0) is 13.5. The van der Waals surface area contributed by atoms with E-state index in [9.17, 15) is 0 Å². The number of hydrogen-bond donors (Lipinski definition) is 0. The Kier molecular flexibility index (Phi) is 5.65. The van der Waals surface area contributed by atoms with Crippen LogP contribution in [0.2, 0.25) is 0 Å². The van der Waals surface area contributed by atoms with Crippen molar-refractivity contribution in [3.8, 4) is 0 Å². The van der Waals surface area contributed by atoms with E-state index in [0.717, 1.165) is 12.8 Å². The minimum Gasteiger partial charge on any atom is -0.0839 e. The smallest absolute Gasteiger partial charge is 0.0398 e. The van der Waals surface area contributed by atoms with Crippen molar-refractivity contribution in [2.45, 2.75) is 37.4 Å². The standard InChI is InChI=1S/C18H21Br/c1-2-6-15-9-11-16(12-10-15)13-14-18(19)17-7-4-3-5-8-17/h3-5,7-12,18H,2,6,13-14H2,1H3. The zero-order valence-corrected chi connectivity index (χ0v) is 13.1. The molecule has 0 nitrogen and oxygen atoms in total. The molecule has 2 aromatic carbocycles. The monoisotopic (exact) mass is 316 g/mol. The van der Waals surface area contributed by atoms with Crippen LogP contribution in [0.25, 0.3) is 0 Å². The summed E-state index contributed by atoms with van der Waals surface area (Å²) in [5.41, 5.74) is 4.25. The molecule has 2 aromatic rings. The van der Waals surface area contributed by atoms with Crippen molar-refractivity contribution in [2.75, 3.05) is 0 Å². The predicted octanol–water partition coefficient (Wildman–Crippen LogP) is 5.71. The molecule has 0 aliphatic rings. The summed E-state index contributed by atoms with van der Waals surface area (Å²) in [6, 6.07) is 19.7. The van der Waals surface area contributed by atoms with E-state index in [1.165, 1.54) is 29.5 Å². The van der Waals surface area contributed by atoms with Gasteiger partial charge in [-0.3, -0.25) is 0 Å². The van der Waals surface area contributed by atoms with E-state index in [0.29, 0.717) is 4.83 Å². The summed E-state index contributed by atoms with van der Waals surface area (Å²) < 4.78 is 0. The highest BCUT2D eigenvalue weighted by Gasteiger charge is 2.06. The Morgan fingerprint density at radius 1 is 0.842 bits per heavy atom. The van der Waals surface area contributed by atoms with Crippen LogP contribution < -0.4 is 0 Å². The first-order valence-electron chi connectivity index (χ1n) is 7.06. The van der Waals surface area contributed by atoms with Crippen molar-refractivity contribution in [3.05, 3.63) is 71.3 Å². The molecule has 2 rings (SSSR count). The molecule has 0 aliphatic carbocycles. The van der Waals surface area contributed by atoms with E-state index in [4.69, 9.17) is 0 Å². The molecule has 0 saturated carbocycles. The van der Waals surface area contributed by atoms with Crippen molar-refractivity contribution in [1.82, 2.24) is 0 Å². The summed E-state index contributed by atoms with van der Waals surface area (Å²) >= 11 is 3.78. The molecule has 0 aromatic heterocycles. The van der Waals surface area contributed by atoms with Gasteiger partial charge in [0.2, 0.25) is 0 Å². The predicted molar refractivity (Wildman–Crippen MR) is 86.9 cm³/mol. The lowest BCUT2D eigenvalue weighted by Gasteiger charge is -2.10. The molecular weight excluding hydrogens is 296 g/mol. The van der Waals surface area contributed by atoms with Crippen LogP contribution in [0, 0.1) is 0 Å². The fourth-order valence-electron chi connectivity index (χ4n) is 2.28. The largest absolute Gasteiger partial charge is 0.0839 e. The van der Waals surface area contributed by atoms with E-state index >= 15 is 0 Å². The Labute approximate surface area is 125 Å². The van der Waals surface area contributed by atoms with E-state index in [1.54, 1.807) is 0 Å². The van der Waals surface area contributed by atoms with Crippen LogP contribution in [0.1, 0.15) is 41.3 Å². The first-order chi connectivity index (χ1) is 9.29. The minimum absolute atomic E-state index is 0.448. The maximum Gasteiger partial charge on any atom is 0.0398 e. The van der Waals surface area contributed by atoms with E-state index in [1.807, 2.05) is 0 Å². The van der Waals surface area contributed by atoms with E-state index in [2.05, 4.69) is 77.5 Å². The Balaban J connectivity index is 1.88. The summed E-state index contributed by atoms with van der Waals surface area (Å²) in [6.45, 7) is 2.23. The van der Waals surface area contributed by atoms with Gasteiger partial charge in [-0.2, -0.15) is 0 Å². The average Bonchev–Trinajstić information content (AvgIpc) is 2.47. The second-order valence-corrected chi connectivity index (χ2v) is 6.09. The second-order valence-electron chi connectivity index (χ2n) is 4.98. The van der Waals surface area contributed by atoms with Gasteiger partial charge in [0.15, 0.2) is 0 Å². The Bertz CT molecular complexity index is 473. The minimum atomic E-state index is 0.448. The topological polar surface area (TPSA) is 0 Å². The summed E-state index contributed by atoms with van der Waals surface area (Å²) in [5.74, 6) is 0. The lowest BCUT2D eigenvalue weighted by molar-refractivity contribution is 0.812. The molecule has 100 valence electrons. The van der Waals surface area contributed by atoms with Gasteiger partial charge in [0.25, 0.3) is 0 Å². The van der Waals surface area contributed by atoms with Gasteiger partial charge >= 0.3 is 0 Å². The molecule has 0 aliphatic heterocycles. The first kappa shape index (κ1) is 14.3. The molecule has 0 spiro atoms. The van der Waals surface area contributed by atoms with Gasteiger partial charge in [0, 0.05) is 4.83 Å². The van der Waals surface area contributed by atoms with E-state index in [-0.39, 0.29) is 0 Å². The average molecular weight is 317 g/mol. The van der Waals surface area contributed by atoms with Gasteiger partial charge in [0.05, 0.1) is 0 Å². The molecule has 0 fully saturated rings. The Hall–Kier alpha value is -1.08. The fraction of sp³-hybridized carbons (Fsp3) is 0.333. The molecule has 1 heteroatoms. The highest BCUT2D eigenvalue weighted by atomic mass is 79.9. The molecule has 1 atom stereocenters. The van der Waals surface area contributed by atoms with E-state index < -0.39 is 0 Å². The van der Waals surface area contributed by atoms with Gasteiger partial charge in [-0.1, -0.05) is 83.9 Å². The van der Waals surface area contributed by atoms with Gasteiger partial charge < -0.3 is 0 Å². The van der Waals surface area contributed by atoms with Crippen LogP contribution in [0.4, 0.5) is 0 Å². The van der Waals surface area contributed by atoms with Crippen LogP contribution in [0.5, 0.6) is 0 Å². The third-order valence-electron chi connectivity index (χ3n) is 3.41. The Morgan fingerprint density at radius 2 is 1.42 bits per heavy atom. The zero-order valence-electron chi connectivity index (χ0n) is 11.5. The lowest BCUT2D eigenvalue weighted by Crippen LogP contribution is -1.94. The maximum atomic E-state index is 3.78. The number of aryl methyl sites for hydroxylation is 2. The first-order valence-corrected chi connectivity index (χ1v) is 7.98. The molecule has 0 N–H and O–H groups in total. The lowest BCUT2D eigenvalue weighted by atomic mass is 10.0. The number of rotatable bonds is 6. The quantitative estimate of drug-likeness (QED) is 0.599. The molecule has 0 amide bonds. The van der Waals surface area contributed by atoms with Crippen molar-refractivity contribution < 1.29 is 0 Å².